The summed E-state index contributed by atoms with van der Waals surface area (Å²) < 4.78 is 0. The number of nitrogens with one attached hydrogen (secondary N) is 2. The Balaban J connectivity index is 1.95. The van der Waals surface area contributed by atoms with Crippen molar-refractivity contribution in [1.82, 2.24) is 10.6 Å². The normalized spacial score (nSPS) is 40.0. The Morgan fingerprint density at radius 3 is 1.61 bits per heavy atom. The number of imide groups is 2. The van der Waals surface area contributed by atoms with Crippen LogP contribution in [0.3, 0.4) is 0 Å². The first-order valence-corrected chi connectivity index (χ1v) is 5.72. The first-order chi connectivity index (χ1) is 8.59. The Morgan fingerprint density at radius 1 is 0.722 bits per heavy atom. The van der Waals surface area contributed by atoms with E-state index in [0.29, 0.717) is 11.1 Å². The molecule has 1 fully saturated rings. The second-order valence-corrected chi connectivity index (χ2v) is 4.95. The number of hydrogen-bond acceptors (Lipinski definition) is 4. The van der Waals surface area contributed by atoms with E-state index in [1.54, 1.807) is 12.2 Å². The summed E-state index contributed by atoms with van der Waals surface area (Å²) in [6.07, 6.45) is 3.53. The molecule has 4 atom stereocenters. The molecule has 2 aliphatic heterocycles. The van der Waals surface area contributed by atoms with Crippen LogP contribution in [0.25, 0.3) is 0 Å². The molecule has 0 saturated carbocycles. The zero-order valence-electron chi connectivity index (χ0n) is 9.10. The average molecular weight is 244 g/mol. The van der Waals surface area contributed by atoms with Gasteiger partial charge in [0.25, 0.3) is 11.8 Å². The van der Waals surface area contributed by atoms with Crippen molar-refractivity contribution in [2.75, 3.05) is 0 Å². The van der Waals surface area contributed by atoms with E-state index in [2.05, 4.69) is 10.6 Å². The number of carbonyl (C=O) groups excluding carboxylic acids is 4. The molecule has 0 aromatic heterocycles. The van der Waals surface area contributed by atoms with E-state index in [-0.39, 0.29) is 11.8 Å². The molecule has 0 radical (unpaired) electrons. The summed E-state index contributed by atoms with van der Waals surface area (Å²) in [5, 5.41) is 4.53. The molecule has 6 heteroatoms. The van der Waals surface area contributed by atoms with Crippen molar-refractivity contribution in [2.24, 2.45) is 23.7 Å². The van der Waals surface area contributed by atoms with Crippen molar-refractivity contribution in [3.63, 3.8) is 0 Å². The average Bonchev–Trinajstić information content (AvgIpc) is 2.81. The lowest BCUT2D eigenvalue weighted by Crippen LogP contribution is -2.41. The standard InChI is InChI=1S/C12H8N2O4/c15-9-5-3-1-2-4(7(5)11(17)13-9)8-6(3)10(16)14-12(8)18/h1-5,7H,(H,13,15,17)(H,14,16,18). The van der Waals surface area contributed by atoms with Crippen LogP contribution in [0, 0.1) is 23.7 Å². The van der Waals surface area contributed by atoms with Crippen LogP contribution in [-0.4, -0.2) is 23.6 Å². The highest BCUT2D eigenvalue weighted by molar-refractivity contribution is 6.22. The predicted octanol–water partition coefficient (Wildman–Crippen LogP) is -1.36. The van der Waals surface area contributed by atoms with Crippen LogP contribution in [0.5, 0.6) is 0 Å². The second-order valence-electron chi connectivity index (χ2n) is 4.95. The van der Waals surface area contributed by atoms with E-state index in [0.717, 1.165) is 0 Å². The van der Waals surface area contributed by atoms with Crippen LogP contribution in [0.2, 0.25) is 0 Å². The topological polar surface area (TPSA) is 92.3 Å². The van der Waals surface area contributed by atoms with Gasteiger partial charge in [-0.05, 0) is 0 Å². The van der Waals surface area contributed by atoms with Crippen LogP contribution >= 0.6 is 0 Å². The fraction of sp³-hybridized carbons (Fsp3) is 0.333. The molecular weight excluding hydrogens is 236 g/mol. The molecule has 4 unspecified atom stereocenters. The molecule has 0 aromatic rings. The number of hydrogen-bond donors (Lipinski definition) is 2. The summed E-state index contributed by atoms with van der Waals surface area (Å²) in [6, 6.07) is 0. The SMILES string of the molecule is O=C1NC(=O)C2=C1C1C=CC2C2C(=O)NC(=O)C12. The van der Waals surface area contributed by atoms with E-state index in [1.807, 2.05) is 0 Å². The number of amides is 4. The molecular formula is C12H8N2O4. The monoisotopic (exact) mass is 244 g/mol. The van der Waals surface area contributed by atoms with E-state index >= 15 is 0 Å². The van der Waals surface area contributed by atoms with Gasteiger partial charge in [0.15, 0.2) is 0 Å². The molecule has 2 bridgehead atoms. The number of allylic oxidation sites excluding steroid dienone is 2. The summed E-state index contributed by atoms with van der Waals surface area (Å²) >= 11 is 0. The zero-order valence-corrected chi connectivity index (χ0v) is 9.10. The highest BCUT2D eigenvalue weighted by Gasteiger charge is 2.59. The van der Waals surface area contributed by atoms with Gasteiger partial charge in [-0.1, -0.05) is 12.2 Å². The zero-order chi connectivity index (χ0) is 12.6. The van der Waals surface area contributed by atoms with Gasteiger partial charge in [0, 0.05) is 23.0 Å². The predicted molar refractivity (Wildman–Crippen MR) is 56.4 cm³/mol. The molecule has 2 N–H and O–H groups in total. The highest BCUT2D eigenvalue weighted by atomic mass is 16.2. The fourth-order valence-electron chi connectivity index (χ4n) is 3.56. The Labute approximate surface area is 101 Å². The minimum Gasteiger partial charge on any atom is -0.296 e. The van der Waals surface area contributed by atoms with E-state index in [1.165, 1.54) is 0 Å². The maximum absolute atomic E-state index is 11.8. The summed E-state index contributed by atoms with van der Waals surface area (Å²) in [5.74, 6) is -3.53. The minimum absolute atomic E-state index is 0.344. The molecule has 90 valence electrons. The van der Waals surface area contributed by atoms with Gasteiger partial charge in [-0.25, -0.2) is 0 Å². The van der Waals surface area contributed by atoms with Crippen LogP contribution in [-0.2, 0) is 19.2 Å². The third kappa shape index (κ3) is 0.870. The molecule has 0 aromatic carbocycles. The van der Waals surface area contributed by atoms with Crippen molar-refractivity contribution >= 4 is 23.6 Å². The van der Waals surface area contributed by atoms with Gasteiger partial charge >= 0.3 is 0 Å². The van der Waals surface area contributed by atoms with Crippen LogP contribution in [0.15, 0.2) is 23.3 Å². The summed E-state index contributed by atoms with van der Waals surface area (Å²) in [4.78, 5) is 47.1. The van der Waals surface area contributed by atoms with E-state index in [9.17, 15) is 19.2 Å². The maximum atomic E-state index is 11.8. The lowest BCUT2D eigenvalue weighted by atomic mass is 9.61. The quantitative estimate of drug-likeness (QED) is 0.407. The Bertz CT molecular complexity index is 566. The molecule has 0 spiro atoms. The second kappa shape index (κ2) is 2.77. The molecule has 5 rings (SSSR count). The van der Waals surface area contributed by atoms with Crippen molar-refractivity contribution in [3.05, 3.63) is 23.3 Å². The highest BCUT2D eigenvalue weighted by Crippen LogP contribution is 2.51. The fourth-order valence-corrected chi connectivity index (χ4v) is 3.56. The summed E-state index contributed by atoms with van der Waals surface area (Å²) in [5.41, 5.74) is 0.747. The first-order valence-electron chi connectivity index (χ1n) is 5.72. The summed E-state index contributed by atoms with van der Waals surface area (Å²) in [6.45, 7) is 0. The summed E-state index contributed by atoms with van der Waals surface area (Å²) in [7, 11) is 0. The Morgan fingerprint density at radius 2 is 1.17 bits per heavy atom. The van der Waals surface area contributed by atoms with Gasteiger partial charge in [-0.3, -0.25) is 29.8 Å². The van der Waals surface area contributed by atoms with Gasteiger partial charge in [-0.2, -0.15) is 0 Å². The molecule has 2 heterocycles. The Kier molecular flexibility index (Phi) is 1.50. The minimum atomic E-state index is -0.539. The van der Waals surface area contributed by atoms with E-state index in [4.69, 9.17) is 0 Å². The largest absolute Gasteiger partial charge is 0.296 e. The molecule has 1 saturated heterocycles. The van der Waals surface area contributed by atoms with Crippen molar-refractivity contribution < 1.29 is 19.2 Å². The molecule has 6 nitrogen and oxygen atoms in total. The third-order valence-electron chi connectivity index (χ3n) is 4.21. The van der Waals surface area contributed by atoms with Gasteiger partial charge in [-0.15, -0.1) is 0 Å². The van der Waals surface area contributed by atoms with Crippen molar-refractivity contribution in [3.8, 4) is 0 Å². The lowest BCUT2D eigenvalue weighted by molar-refractivity contribution is -0.126. The molecule has 3 aliphatic carbocycles. The van der Waals surface area contributed by atoms with Gasteiger partial charge in [0.1, 0.15) is 0 Å². The van der Waals surface area contributed by atoms with Gasteiger partial charge < -0.3 is 0 Å². The molecule has 18 heavy (non-hydrogen) atoms. The van der Waals surface area contributed by atoms with Crippen LogP contribution < -0.4 is 10.6 Å². The number of rotatable bonds is 0. The maximum Gasteiger partial charge on any atom is 0.255 e. The van der Waals surface area contributed by atoms with Gasteiger partial charge in [0.05, 0.1) is 11.8 Å². The number of carbonyl (C=O) groups is 4. The molecule has 4 amide bonds. The Hall–Kier alpha value is -2.24. The molecule has 5 aliphatic rings. The lowest BCUT2D eigenvalue weighted by Gasteiger charge is -2.37. The van der Waals surface area contributed by atoms with Crippen LogP contribution in [0.1, 0.15) is 0 Å². The van der Waals surface area contributed by atoms with Crippen molar-refractivity contribution in [1.29, 1.82) is 0 Å². The van der Waals surface area contributed by atoms with Crippen molar-refractivity contribution in [2.45, 2.75) is 0 Å². The van der Waals surface area contributed by atoms with E-state index < -0.39 is 35.5 Å². The first kappa shape index (κ1) is 9.76. The van der Waals surface area contributed by atoms with Crippen LogP contribution in [0.4, 0.5) is 0 Å². The smallest absolute Gasteiger partial charge is 0.255 e. The van der Waals surface area contributed by atoms with Gasteiger partial charge in [0.2, 0.25) is 11.8 Å². The third-order valence-corrected chi connectivity index (χ3v) is 4.21.